The molecule has 11 rings (SSSR count). The van der Waals surface area contributed by atoms with E-state index >= 15 is 4.79 Å². The number of carbonyl (C=O) groups is 1. The number of carbonyl (C=O) groups excluding carboxylic acids is 1. The number of benzene rings is 8. The summed E-state index contributed by atoms with van der Waals surface area (Å²) in [5.41, 5.74) is 14.5. The van der Waals surface area contributed by atoms with Gasteiger partial charge >= 0.3 is 0 Å². The molecule has 1 heteroatoms. The van der Waals surface area contributed by atoms with E-state index in [0.717, 1.165) is 79.2 Å². The van der Waals surface area contributed by atoms with E-state index in [9.17, 15) is 0 Å². The molecule has 0 N–H and O–H groups in total. The topological polar surface area (TPSA) is 17.1 Å². The number of fused-ring (bicyclic) bond motifs is 14. The number of rotatable bonds is 11. The molecule has 0 fully saturated rings. The lowest BCUT2D eigenvalue weighted by atomic mass is 9.61. The van der Waals surface area contributed by atoms with Gasteiger partial charge in [-0.1, -0.05) is 180 Å². The van der Waals surface area contributed by atoms with Crippen LogP contribution in [0.25, 0.3) is 77.5 Å². The van der Waals surface area contributed by atoms with Gasteiger partial charge in [0.25, 0.3) is 0 Å². The minimum Gasteiger partial charge on any atom is -0.289 e. The molecular weight excluding hydrogens is 749 g/mol. The van der Waals surface area contributed by atoms with Gasteiger partial charge in [0, 0.05) is 16.5 Å². The third-order valence-corrected chi connectivity index (χ3v) is 14.9. The van der Waals surface area contributed by atoms with E-state index in [-0.39, 0.29) is 11.2 Å². The average molecular weight is 805 g/mol. The van der Waals surface area contributed by atoms with E-state index in [1.54, 1.807) is 5.56 Å². The zero-order valence-electron chi connectivity index (χ0n) is 36.5. The molecule has 8 aromatic carbocycles. The van der Waals surface area contributed by atoms with Crippen molar-refractivity contribution in [1.82, 2.24) is 0 Å². The van der Waals surface area contributed by atoms with Gasteiger partial charge in [0.2, 0.25) is 0 Å². The van der Waals surface area contributed by atoms with Crippen molar-refractivity contribution in [3.05, 3.63) is 178 Å². The number of hydrogen-bond acceptors (Lipinski definition) is 1. The molecule has 0 saturated heterocycles. The fourth-order valence-corrected chi connectivity index (χ4v) is 11.9. The Bertz CT molecular complexity index is 3120. The molecule has 1 nitrogen and oxygen atoms in total. The number of ketones is 1. The monoisotopic (exact) mass is 804 g/mol. The van der Waals surface area contributed by atoms with E-state index in [1.807, 2.05) is 0 Å². The first-order valence-corrected chi connectivity index (χ1v) is 23.7. The standard InChI is InChI=1S/C61H56O/c1-3-5-7-17-35-61(34-16-6-4-2)58-32-28-42(40-26-30-52-48-22-10-8-18-44(48)46-20-12-14-24-50(46)54(52)36-40)38-56(58)60(62)57-39-43(29-33-59(57)61)41-27-31-53-49-23-11-9-19-45(49)47-21-13-15-25-51(47)55(53)37-41/h8,10-12,14-15,18,20,22-33,36-39H,3-7,9,13,16-17,19,21,34-35H2,1-2H3. The summed E-state index contributed by atoms with van der Waals surface area (Å²) in [4.78, 5) is 15.4. The first-order chi connectivity index (χ1) is 30.6. The highest BCUT2D eigenvalue weighted by Gasteiger charge is 2.43. The van der Waals surface area contributed by atoms with Crippen molar-refractivity contribution in [2.24, 2.45) is 0 Å². The lowest BCUT2D eigenvalue weighted by Gasteiger charge is -2.41. The van der Waals surface area contributed by atoms with Crippen LogP contribution >= 0.6 is 0 Å². The van der Waals surface area contributed by atoms with Crippen LogP contribution in [0.3, 0.4) is 0 Å². The SMILES string of the molecule is CCCCCCC1(CCCCC)c2ccc(-c3ccc4c5c(c6c(c4c3)C=CCC6)CCC=C5)cc2C(=O)c2cc(-c3ccc4c5ccccc5c5ccccc5c4c3)ccc21. The van der Waals surface area contributed by atoms with Crippen LogP contribution in [0.5, 0.6) is 0 Å². The predicted octanol–water partition coefficient (Wildman–Crippen LogP) is 16.9. The normalized spacial score (nSPS) is 16.5. The lowest BCUT2D eigenvalue weighted by molar-refractivity contribution is 0.102. The van der Waals surface area contributed by atoms with Crippen molar-refractivity contribution in [3.63, 3.8) is 0 Å². The van der Waals surface area contributed by atoms with E-state index in [4.69, 9.17) is 0 Å². The fraction of sp³-hybridized carbons (Fsp3) is 0.262. The molecule has 3 aliphatic rings. The Hall–Kier alpha value is -6.05. The maximum atomic E-state index is 15.4. The highest BCUT2D eigenvalue weighted by atomic mass is 16.1. The molecule has 0 aliphatic heterocycles. The Labute approximate surface area is 367 Å². The van der Waals surface area contributed by atoms with Gasteiger partial charge in [-0.15, -0.1) is 0 Å². The van der Waals surface area contributed by atoms with Gasteiger partial charge < -0.3 is 0 Å². The van der Waals surface area contributed by atoms with E-state index in [2.05, 4.69) is 159 Å². The second kappa shape index (κ2) is 16.0. The second-order valence-corrected chi connectivity index (χ2v) is 18.5. The molecule has 0 amide bonds. The molecule has 1 atom stereocenters. The van der Waals surface area contributed by atoms with Gasteiger partial charge in [0.1, 0.15) is 0 Å². The van der Waals surface area contributed by atoms with E-state index < -0.39 is 0 Å². The van der Waals surface area contributed by atoms with Crippen molar-refractivity contribution in [3.8, 4) is 22.3 Å². The summed E-state index contributed by atoms with van der Waals surface area (Å²) in [5, 5.41) is 10.3. The molecule has 0 saturated carbocycles. The Balaban J connectivity index is 1.07. The third-order valence-electron chi connectivity index (χ3n) is 14.9. The Morgan fingerprint density at radius 2 is 0.871 bits per heavy atom. The summed E-state index contributed by atoms with van der Waals surface area (Å²) in [5.74, 6) is 0.163. The van der Waals surface area contributed by atoms with Gasteiger partial charge in [-0.2, -0.15) is 0 Å². The molecule has 8 aromatic rings. The predicted molar refractivity (Wildman–Crippen MR) is 266 cm³/mol. The minimum atomic E-state index is -0.213. The van der Waals surface area contributed by atoms with Crippen molar-refractivity contribution in [2.75, 3.05) is 0 Å². The van der Waals surface area contributed by atoms with E-state index in [0.29, 0.717) is 0 Å². The molecule has 0 bridgehead atoms. The average Bonchev–Trinajstić information content (AvgIpc) is 3.34. The lowest BCUT2D eigenvalue weighted by Crippen LogP contribution is -2.36. The van der Waals surface area contributed by atoms with Crippen molar-refractivity contribution < 1.29 is 4.79 Å². The molecule has 306 valence electrons. The minimum absolute atomic E-state index is 0.163. The molecule has 1 unspecified atom stereocenters. The maximum absolute atomic E-state index is 15.4. The summed E-state index contributed by atoms with van der Waals surface area (Å²) < 4.78 is 0. The largest absolute Gasteiger partial charge is 0.289 e. The molecule has 62 heavy (non-hydrogen) atoms. The van der Waals surface area contributed by atoms with Crippen LogP contribution in [-0.4, -0.2) is 5.78 Å². The van der Waals surface area contributed by atoms with Crippen LogP contribution < -0.4 is 0 Å². The summed E-state index contributed by atoms with van der Waals surface area (Å²) in [6.45, 7) is 4.60. The van der Waals surface area contributed by atoms with Crippen LogP contribution in [-0.2, 0) is 18.3 Å². The second-order valence-electron chi connectivity index (χ2n) is 18.5. The first kappa shape index (κ1) is 38.8. The molecule has 0 aromatic heterocycles. The maximum Gasteiger partial charge on any atom is 0.193 e. The third kappa shape index (κ3) is 6.30. The number of hydrogen-bond donors (Lipinski definition) is 0. The molecular formula is C61H56O. The van der Waals surface area contributed by atoms with E-state index in [1.165, 1.54) is 109 Å². The molecule has 0 spiro atoms. The van der Waals surface area contributed by atoms with Gasteiger partial charge in [-0.05, 0) is 162 Å². The zero-order chi connectivity index (χ0) is 41.8. The zero-order valence-corrected chi connectivity index (χ0v) is 36.5. The smallest absolute Gasteiger partial charge is 0.193 e. The highest BCUT2D eigenvalue weighted by Crippen LogP contribution is 2.51. The number of unbranched alkanes of at least 4 members (excludes halogenated alkanes) is 5. The summed E-state index contributed by atoms with van der Waals surface area (Å²) in [6, 6.07) is 45.5. The Morgan fingerprint density at radius 3 is 1.44 bits per heavy atom. The van der Waals surface area contributed by atoms with Crippen molar-refractivity contribution >= 4 is 61.0 Å². The van der Waals surface area contributed by atoms with Gasteiger partial charge in [0.05, 0.1) is 0 Å². The van der Waals surface area contributed by atoms with Gasteiger partial charge in [0.15, 0.2) is 5.78 Å². The van der Waals surface area contributed by atoms with Crippen LogP contribution in [0.4, 0.5) is 0 Å². The van der Waals surface area contributed by atoms with Crippen LogP contribution in [0.15, 0.2) is 133 Å². The quantitative estimate of drug-likeness (QED) is 0.0940. The summed E-state index contributed by atoms with van der Waals surface area (Å²) in [6.07, 6.45) is 24.4. The summed E-state index contributed by atoms with van der Waals surface area (Å²) in [7, 11) is 0. The Kier molecular flexibility index (Phi) is 10.0. The van der Waals surface area contributed by atoms with Gasteiger partial charge in [-0.25, -0.2) is 0 Å². The van der Waals surface area contributed by atoms with Crippen molar-refractivity contribution in [2.45, 2.75) is 103 Å². The van der Waals surface area contributed by atoms with Crippen LogP contribution in [0.1, 0.15) is 134 Å². The molecule has 0 radical (unpaired) electrons. The number of allylic oxidation sites excluding steroid dienone is 2. The summed E-state index contributed by atoms with van der Waals surface area (Å²) >= 11 is 0. The van der Waals surface area contributed by atoms with Crippen molar-refractivity contribution in [1.29, 1.82) is 0 Å². The highest BCUT2D eigenvalue weighted by molar-refractivity contribution is 6.26. The van der Waals surface area contributed by atoms with Crippen LogP contribution in [0, 0.1) is 0 Å². The van der Waals surface area contributed by atoms with Crippen LogP contribution in [0.2, 0.25) is 0 Å². The first-order valence-electron chi connectivity index (χ1n) is 23.7. The fourth-order valence-electron chi connectivity index (χ4n) is 11.9. The molecule has 3 aliphatic carbocycles. The Morgan fingerprint density at radius 1 is 0.435 bits per heavy atom. The molecule has 0 heterocycles. The van der Waals surface area contributed by atoms with Gasteiger partial charge in [-0.3, -0.25) is 4.79 Å².